The van der Waals surface area contributed by atoms with Crippen LogP contribution in [-0.2, 0) is 22.7 Å². The van der Waals surface area contributed by atoms with Crippen molar-refractivity contribution in [2.75, 3.05) is 0 Å². The summed E-state index contributed by atoms with van der Waals surface area (Å²) in [4.78, 5) is -0.310. The zero-order valence-corrected chi connectivity index (χ0v) is 13.7. The fourth-order valence-electron chi connectivity index (χ4n) is 1.85. The van der Waals surface area contributed by atoms with Gasteiger partial charge in [-0.05, 0) is 23.8 Å². The lowest BCUT2D eigenvalue weighted by Gasteiger charge is -2.11. The van der Waals surface area contributed by atoms with Crippen molar-refractivity contribution in [3.8, 4) is 0 Å². The first-order chi connectivity index (χ1) is 10.6. The molecular formula is C14H10Cl2F3NO2S. The highest BCUT2D eigenvalue weighted by Gasteiger charge is 2.30. The molecule has 0 aliphatic heterocycles. The van der Waals surface area contributed by atoms with E-state index in [1.807, 2.05) is 0 Å². The molecule has 2 aromatic rings. The molecule has 0 aromatic heterocycles. The largest absolute Gasteiger partial charge is 0.416 e. The lowest BCUT2D eigenvalue weighted by molar-refractivity contribution is -0.137. The van der Waals surface area contributed by atoms with Crippen molar-refractivity contribution in [1.82, 2.24) is 4.72 Å². The van der Waals surface area contributed by atoms with Crippen LogP contribution in [0.1, 0.15) is 11.1 Å². The maximum atomic E-state index is 12.6. The molecule has 0 heterocycles. The molecule has 2 rings (SSSR count). The number of sulfonamides is 1. The minimum Gasteiger partial charge on any atom is -0.207 e. The molecule has 0 fully saturated rings. The van der Waals surface area contributed by atoms with Gasteiger partial charge in [0.05, 0.1) is 15.6 Å². The van der Waals surface area contributed by atoms with E-state index < -0.39 is 21.8 Å². The molecule has 1 N–H and O–H groups in total. The summed E-state index contributed by atoms with van der Waals surface area (Å²) in [5, 5.41) is -0.150. The number of nitrogens with one attached hydrogen (secondary N) is 1. The summed E-state index contributed by atoms with van der Waals surface area (Å²) in [5.41, 5.74) is -0.698. The van der Waals surface area contributed by atoms with Crippen LogP contribution in [0.15, 0.2) is 47.4 Å². The second kappa shape index (κ2) is 6.68. The Morgan fingerprint density at radius 3 is 2.13 bits per heavy atom. The highest BCUT2D eigenvalue weighted by Crippen LogP contribution is 2.30. The molecule has 0 aliphatic carbocycles. The molecule has 0 spiro atoms. The molecule has 2 aromatic carbocycles. The normalized spacial score (nSPS) is 12.4. The maximum absolute atomic E-state index is 12.6. The zero-order valence-electron chi connectivity index (χ0n) is 11.4. The van der Waals surface area contributed by atoms with Gasteiger partial charge >= 0.3 is 6.18 Å². The second-order valence-corrected chi connectivity index (χ2v) is 7.09. The van der Waals surface area contributed by atoms with Gasteiger partial charge in [-0.15, -0.1) is 0 Å². The van der Waals surface area contributed by atoms with Gasteiger partial charge in [-0.1, -0.05) is 47.5 Å². The van der Waals surface area contributed by atoms with Crippen LogP contribution in [-0.4, -0.2) is 8.42 Å². The summed E-state index contributed by atoms with van der Waals surface area (Å²) in [5.74, 6) is 0. The molecule has 0 radical (unpaired) electrons. The number of hydrogen-bond donors (Lipinski definition) is 1. The first-order valence-corrected chi connectivity index (χ1v) is 8.45. The molecule has 0 atom stereocenters. The zero-order chi connectivity index (χ0) is 17.3. The Morgan fingerprint density at radius 1 is 1.00 bits per heavy atom. The van der Waals surface area contributed by atoms with Crippen LogP contribution < -0.4 is 4.72 Å². The van der Waals surface area contributed by atoms with Crippen molar-refractivity contribution in [3.63, 3.8) is 0 Å². The molecule has 23 heavy (non-hydrogen) atoms. The van der Waals surface area contributed by atoms with Crippen molar-refractivity contribution >= 4 is 33.2 Å². The van der Waals surface area contributed by atoms with Crippen molar-refractivity contribution in [2.45, 2.75) is 17.6 Å². The van der Waals surface area contributed by atoms with E-state index in [4.69, 9.17) is 23.2 Å². The van der Waals surface area contributed by atoms with Gasteiger partial charge < -0.3 is 0 Å². The van der Waals surface area contributed by atoms with E-state index in [0.29, 0.717) is 0 Å². The van der Waals surface area contributed by atoms with Crippen molar-refractivity contribution < 1.29 is 21.6 Å². The fourth-order valence-corrected chi connectivity index (χ4v) is 4.00. The van der Waals surface area contributed by atoms with Gasteiger partial charge in [0.15, 0.2) is 0 Å². The van der Waals surface area contributed by atoms with Crippen LogP contribution in [0.4, 0.5) is 13.2 Å². The monoisotopic (exact) mass is 383 g/mol. The standard InChI is InChI=1S/C14H10Cl2F3NO2S/c15-11-5-2-6-12(16)13(11)23(21,22)20-8-9-3-1-4-10(7-9)14(17,18)19/h1-7,20H,8H2. The van der Waals surface area contributed by atoms with Gasteiger partial charge in [0, 0.05) is 6.54 Å². The van der Waals surface area contributed by atoms with Gasteiger partial charge in [-0.3, -0.25) is 0 Å². The molecule has 3 nitrogen and oxygen atoms in total. The average molecular weight is 384 g/mol. The van der Waals surface area contributed by atoms with E-state index in [9.17, 15) is 21.6 Å². The molecule has 0 aliphatic rings. The third-order valence-corrected chi connectivity index (χ3v) is 5.26. The Kier molecular flexibility index (Phi) is 5.25. The molecule has 0 saturated heterocycles. The van der Waals surface area contributed by atoms with E-state index in [-0.39, 0.29) is 27.0 Å². The van der Waals surface area contributed by atoms with E-state index in [0.717, 1.165) is 12.1 Å². The quantitative estimate of drug-likeness (QED) is 0.845. The minimum absolute atomic E-state index is 0.0750. The Hall–Kier alpha value is -1.28. The number of rotatable bonds is 4. The van der Waals surface area contributed by atoms with Crippen LogP contribution in [0.5, 0.6) is 0 Å². The van der Waals surface area contributed by atoms with Crippen molar-refractivity contribution in [1.29, 1.82) is 0 Å². The molecule has 0 amide bonds. The maximum Gasteiger partial charge on any atom is 0.416 e. The predicted molar refractivity (Wildman–Crippen MR) is 81.9 cm³/mol. The fraction of sp³-hybridized carbons (Fsp3) is 0.143. The minimum atomic E-state index is -4.50. The van der Waals surface area contributed by atoms with Gasteiger partial charge in [0.25, 0.3) is 0 Å². The molecule has 124 valence electrons. The van der Waals surface area contributed by atoms with Gasteiger partial charge in [-0.25, -0.2) is 13.1 Å². The van der Waals surface area contributed by atoms with Crippen molar-refractivity contribution in [2.24, 2.45) is 0 Å². The van der Waals surface area contributed by atoms with Crippen LogP contribution in [0.25, 0.3) is 0 Å². The van der Waals surface area contributed by atoms with E-state index >= 15 is 0 Å². The predicted octanol–water partition coefficient (Wildman–Crippen LogP) is 4.49. The Bertz CT molecular complexity index is 803. The SMILES string of the molecule is O=S(=O)(NCc1cccc(C(F)(F)F)c1)c1c(Cl)cccc1Cl. The highest BCUT2D eigenvalue weighted by molar-refractivity contribution is 7.89. The Balaban J connectivity index is 2.24. The van der Waals surface area contributed by atoms with Crippen molar-refractivity contribution in [3.05, 3.63) is 63.6 Å². The Morgan fingerprint density at radius 2 is 1.57 bits per heavy atom. The van der Waals surface area contributed by atoms with E-state index in [1.54, 1.807) is 0 Å². The molecule has 9 heteroatoms. The number of alkyl halides is 3. The summed E-state index contributed by atoms with van der Waals surface area (Å²) in [6.07, 6.45) is -4.50. The molecular weight excluding hydrogens is 374 g/mol. The van der Waals surface area contributed by atoms with Gasteiger partial charge in [0.2, 0.25) is 10.0 Å². The lowest BCUT2D eigenvalue weighted by Crippen LogP contribution is -2.24. The summed E-state index contributed by atoms with van der Waals surface area (Å²) in [6.45, 7) is -0.326. The third kappa shape index (κ3) is 4.38. The summed E-state index contributed by atoms with van der Waals surface area (Å²) >= 11 is 11.7. The van der Waals surface area contributed by atoms with Gasteiger partial charge in [0.1, 0.15) is 4.90 Å². The summed E-state index contributed by atoms with van der Waals surface area (Å²) in [7, 11) is -4.06. The van der Waals surface area contributed by atoms with E-state index in [1.165, 1.54) is 30.3 Å². The van der Waals surface area contributed by atoms with E-state index in [2.05, 4.69) is 4.72 Å². The lowest BCUT2D eigenvalue weighted by atomic mass is 10.1. The first-order valence-electron chi connectivity index (χ1n) is 6.21. The summed E-state index contributed by atoms with van der Waals surface area (Å²) in [6, 6.07) is 8.55. The number of halogens is 5. The van der Waals surface area contributed by atoms with Gasteiger partial charge in [-0.2, -0.15) is 13.2 Å². The Labute approximate surface area is 141 Å². The molecule has 0 bridgehead atoms. The van der Waals surface area contributed by atoms with Crippen LogP contribution in [0.3, 0.4) is 0 Å². The highest BCUT2D eigenvalue weighted by atomic mass is 35.5. The summed E-state index contributed by atoms with van der Waals surface area (Å²) < 4.78 is 64.6. The third-order valence-electron chi connectivity index (χ3n) is 2.91. The molecule has 0 saturated carbocycles. The number of hydrogen-bond acceptors (Lipinski definition) is 2. The van der Waals surface area contributed by atoms with Crippen LogP contribution in [0, 0.1) is 0 Å². The smallest absolute Gasteiger partial charge is 0.207 e. The van der Waals surface area contributed by atoms with Crippen LogP contribution in [0.2, 0.25) is 10.0 Å². The number of benzene rings is 2. The molecule has 0 unspecified atom stereocenters. The second-order valence-electron chi connectivity index (χ2n) is 4.57. The first kappa shape index (κ1) is 18.1. The topological polar surface area (TPSA) is 46.2 Å². The average Bonchev–Trinajstić information content (AvgIpc) is 2.44. The van der Waals surface area contributed by atoms with Crippen LogP contribution >= 0.6 is 23.2 Å².